The van der Waals surface area contributed by atoms with E-state index in [1.807, 2.05) is 12.5 Å². The Kier molecular flexibility index (Phi) is 6.24. The van der Waals surface area contributed by atoms with E-state index >= 15 is 0 Å². The fourth-order valence-corrected chi connectivity index (χ4v) is 3.19. The van der Waals surface area contributed by atoms with Gasteiger partial charge in [-0.1, -0.05) is 13.8 Å². The number of nitrogens with zero attached hydrogens (tertiary/aromatic N) is 3. The maximum absolute atomic E-state index is 4.32. The Hall–Kier alpha value is -0.870. The SMILES string of the molecule is CC(C)CNCC1CCCN(Cc2cncn2C(C)C)C1. The minimum Gasteiger partial charge on any atom is -0.331 e. The molecular formula is C17H32N4. The molecule has 0 saturated carbocycles. The third kappa shape index (κ3) is 5.11. The van der Waals surface area contributed by atoms with Gasteiger partial charge in [0, 0.05) is 25.3 Å². The number of piperidine rings is 1. The van der Waals surface area contributed by atoms with Crippen LogP contribution in [0.25, 0.3) is 0 Å². The van der Waals surface area contributed by atoms with Crippen molar-refractivity contribution in [3.63, 3.8) is 0 Å². The third-order valence-electron chi connectivity index (χ3n) is 4.28. The topological polar surface area (TPSA) is 33.1 Å². The van der Waals surface area contributed by atoms with Gasteiger partial charge in [0.15, 0.2) is 0 Å². The van der Waals surface area contributed by atoms with E-state index in [2.05, 4.69) is 47.5 Å². The van der Waals surface area contributed by atoms with Crippen LogP contribution in [0.5, 0.6) is 0 Å². The van der Waals surface area contributed by atoms with Gasteiger partial charge in [0.05, 0.1) is 12.0 Å². The Bertz CT molecular complexity index is 411. The number of likely N-dealkylation sites (tertiary alicyclic amines) is 1. The first-order valence-electron chi connectivity index (χ1n) is 8.50. The van der Waals surface area contributed by atoms with Crippen molar-refractivity contribution in [3.8, 4) is 0 Å². The lowest BCUT2D eigenvalue weighted by Crippen LogP contribution is -2.40. The molecule has 1 aromatic heterocycles. The summed E-state index contributed by atoms with van der Waals surface area (Å²) in [5.41, 5.74) is 1.35. The van der Waals surface area contributed by atoms with Crippen LogP contribution in [-0.4, -0.2) is 40.6 Å². The quantitative estimate of drug-likeness (QED) is 0.839. The van der Waals surface area contributed by atoms with Gasteiger partial charge < -0.3 is 9.88 Å². The summed E-state index contributed by atoms with van der Waals surface area (Å²) in [5.74, 6) is 1.54. The van der Waals surface area contributed by atoms with E-state index in [0.717, 1.165) is 31.5 Å². The van der Waals surface area contributed by atoms with Crippen molar-refractivity contribution in [2.24, 2.45) is 11.8 Å². The molecule has 1 saturated heterocycles. The van der Waals surface area contributed by atoms with E-state index in [9.17, 15) is 0 Å². The van der Waals surface area contributed by atoms with E-state index in [1.54, 1.807) is 0 Å². The van der Waals surface area contributed by atoms with Gasteiger partial charge in [-0.25, -0.2) is 4.98 Å². The highest BCUT2D eigenvalue weighted by molar-refractivity contribution is 5.00. The average Bonchev–Trinajstić information content (AvgIpc) is 2.87. The van der Waals surface area contributed by atoms with E-state index in [4.69, 9.17) is 0 Å². The normalized spacial score (nSPS) is 20.6. The Morgan fingerprint density at radius 2 is 2.14 bits per heavy atom. The van der Waals surface area contributed by atoms with Crippen molar-refractivity contribution >= 4 is 0 Å². The van der Waals surface area contributed by atoms with E-state index in [-0.39, 0.29) is 0 Å². The van der Waals surface area contributed by atoms with Gasteiger partial charge in [-0.2, -0.15) is 0 Å². The largest absolute Gasteiger partial charge is 0.331 e. The maximum Gasteiger partial charge on any atom is 0.0951 e. The standard InChI is InChI=1S/C17H32N4/c1-14(2)8-18-9-16-6-5-7-20(11-16)12-17-10-19-13-21(17)15(3)4/h10,13-16,18H,5-9,11-12H2,1-4H3. The van der Waals surface area contributed by atoms with Gasteiger partial charge in [-0.05, 0) is 58.2 Å². The minimum absolute atomic E-state index is 0.496. The second-order valence-corrected chi connectivity index (χ2v) is 7.18. The fraction of sp³-hybridized carbons (Fsp3) is 0.824. The first-order chi connectivity index (χ1) is 10.1. The van der Waals surface area contributed by atoms with Crippen LogP contribution in [0.1, 0.15) is 52.3 Å². The highest BCUT2D eigenvalue weighted by Gasteiger charge is 2.21. The molecule has 0 bridgehead atoms. The Morgan fingerprint density at radius 3 is 2.86 bits per heavy atom. The summed E-state index contributed by atoms with van der Waals surface area (Å²) >= 11 is 0. The molecule has 1 fully saturated rings. The molecule has 1 aliphatic rings. The van der Waals surface area contributed by atoms with E-state index in [0.29, 0.717) is 6.04 Å². The molecule has 0 aliphatic carbocycles. The number of imidazole rings is 1. The Labute approximate surface area is 129 Å². The molecule has 4 nitrogen and oxygen atoms in total. The van der Waals surface area contributed by atoms with Crippen LogP contribution in [0.2, 0.25) is 0 Å². The number of nitrogens with one attached hydrogen (secondary N) is 1. The Balaban J connectivity index is 1.82. The van der Waals surface area contributed by atoms with Crippen LogP contribution in [0.4, 0.5) is 0 Å². The Morgan fingerprint density at radius 1 is 1.33 bits per heavy atom. The zero-order valence-electron chi connectivity index (χ0n) is 14.2. The highest BCUT2D eigenvalue weighted by Crippen LogP contribution is 2.19. The lowest BCUT2D eigenvalue weighted by Gasteiger charge is -2.33. The second-order valence-electron chi connectivity index (χ2n) is 7.18. The first kappa shape index (κ1) is 16.5. The smallest absolute Gasteiger partial charge is 0.0951 e. The van der Waals surface area contributed by atoms with Crippen molar-refractivity contribution in [3.05, 3.63) is 18.2 Å². The fourth-order valence-electron chi connectivity index (χ4n) is 3.19. The summed E-state index contributed by atoms with van der Waals surface area (Å²) in [6.07, 6.45) is 6.68. The van der Waals surface area contributed by atoms with Crippen molar-refractivity contribution in [2.45, 2.75) is 53.1 Å². The summed E-state index contributed by atoms with van der Waals surface area (Å²) in [4.78, 5) is 6.92. The molecule has 0 amide bonds. The van der Waals surface area contributed by atoms with E-state index < -0.39 is 0 Å². The van der Waals surface area contributed by atoms with Gasteiger partial charge in [0.1, 0.15) is 0 Å². The molecule has 1 unspecified atom stereocenters. The van der Waals surface area contributed by atoms with Crippen LogP contribution in [0.15, 0.2) is 12.5 Å². The number of hydrogen-bond acceptors (Lipinski definition) is 3. The summed E-state index contributed by atoms with van der Waals surface area (Å²) in [5, 5.41) is 3.62. The van der Waals surface area contributed by atoms with Gasteiger partial charge in [-0.15, -0.1) is 0 Å². The van der Waals surface area contributed by atoms with Crippen LogP contribution < -0.4 is 5.32 Å². The van der Waals surface area contributed by atoms with E-state index in [1.165, 1.54) is 31.6 Å². The zero-order valence-corrected chi connectivity index (χ0v) is 14.2. The number of aromatic nitrogens is 2. The van der Waals surface area contributed by atoms with Crippen molar-refractivity contribution in [1.82, 2.24) is 19.8 Å². The number of hydrogen-bond donors (Lipinski definition) is 1. The van der Waals surface area contributed by atoms with Gasteiger partial charge >= 0.3 is 0 Å². The monoisotopic (exact) mass is 292 g/mol. The lowest BCUT2D eigenvalue weighted by molar-refractivity contribution is 0.161. The first-order valence-corrected chi connectivity index (χ1v) is 8.50. The third-order valence-corrected chi connectivity index (χ3v) is 4.28. The molecule has 120 valence electrons. The zero-order chi connectivity index (χ0) is 15.2. The van der Waals surface area contributed by atoms with Crippen LogP contribution in [0.3, 0.4) is 0 Å². The minimum atomic E-state index is 0.496. The molecule has 0 spiro atoms. The van der Waals surface area contributed by atoms with Crippen molar-refractivity contribution in [1.29, 1.82) is 0 Å². The van der Waals surface area contributed by atoms with Crippen LogP contribution >= 0.6 is 0 Å². The molecule has 2 rings (SSSR count). The van der Waals surface area contributed by atoms with Crippen LogP contribution in [-0.2, 0) is 6.54 Å². The maximum atomic E-state index is 4.32. The molecule has 0 aromatic carbocycles. The molecular weight excluding hydrogens is 260 g/mol. The summed E-state index contributed by atoms with van der Waals surface area (Å²) < 4.78 is 2.29. The van der Waals surface area contributed by atoms with Gasteiger partial charge in [0.25, 0.3) is 0 Å². The molecule has 1 atom stereocenters. The predicted molar refractivity (Wildman–Crippen MR) is 88.3 cm³/mol. The summed E-state index contributed by atoms with van der Waals surface area (Å²) in [6, 6.07) is 0.496. The summed E-state index contributed by atoms with van der Waals surface area (Å²) in [6.45, 7) is 14.8. The molecule has 2 heterocycles. The second kappa shape index (κ2) is 7.95. The molecule has 4 heteroatoms. The van der Waals surface area contributed by atoms with Crippen molar-refractivity contribution in [2.75, 3.05) is 26.2 Å². The van der Waals surface area contributed by atoms with Gasteiger partial charge in [0.2, 0.25) is 0 Å². The molecule has 21 heavy (non-hydrogen) atoms. The number of rotatable bonds is 7. The van der Waals surface area contributed by atoms with Crippen LogP contribution in [0, 0.1) is 11.8 Å². The molecule has 1 aromatic rings. The highest BCUT2D eigenvalue weighted by atomic mass is 15.2. The van der Waals surface area contributed by atoms with Gasteiger partial charge in [-0.3, -0.25) is 4.90 Å². The summed E-state index contributed by atoms with van der Waals surface area (Å²) in [7, 11) is 0. The lowest BCUT2D eigenvalue weighted by atomic mass is 9.97. The van der Waals surface area contributed by atoms with Crippen molar-refractivity contribution < 1.29 is 0 Å². The average molecular weight is 292 g/mol. The molecule has 1 N–H and O–H groups in total. The molecule has 1 aliphatic heterocycles. The predicted octanol–water partition coefficient (Wildman–Crippen LogP) is 2.92. The molecule has 0 radical (unpaired) electrons.